The summed E-state index contributed by atoms with van der Waals surface area (Å²) in [6, 6.07) is 7.84. The molecule has 0 amide bonds. The van der Waals surface area contributed by atoms with Gasteiger partial charge in [0.25, 0.3) is 0 Å². The topological polar surface area (TPSA) is 48.8 Å². The van der Waals surface area contributed by atoms with Crippen LogP contribution in [0.2, 0.25) is 0 Å². The third kappa shape index (κ3) is 6.35. The summed E-state index contributed by atoms with van der Waals surface area (Å²) in [5.74, 6) is 0. The minimum atomic E-state index is 0.712. The van der Waals surface area contributed by atoms with Crippen molar-refractivity contribution < 1.29 is 0 Å². The number of hydrogen-bond acceptors (Lipinski definition) is 1. The van der Waals surface area contributed by atoms with Gasteiger partial charge in [0, 0.05) is 15.9 Å². The lowest BCUT2D eigenvalue weighted by molar-refractivity contribution is 0.635. The number of benzene rings is 1. The molecule has 0 saturated heterocycles. The third-order valence-corrected chi connectivity index (χ3v) is 3.23. The lowest BCUT2D eigenvalue weighted by atomic mass is 10.1. The first kappa shape index (κ1) is 14.1. The first-order valence-electron chi connectivity index (χ1n) is 6.07. The van der Waals surface area contributed by atoms with E-state index in [4.69, 9.17) is 5.53 Å². The predicted octanol–water partition coefficient (Wildman–Crippen LogP) is 5.52. The molecule has 0 N–H and O–H groups in total. The zero-order chi connectivity index (χ0) is 12.3. The van der Waals surface area contributed by atoms with Gasteiger partial charge < -0.3 is 0 Å². The van der Waals surface area contributed by atoms with Gasteiger partial charge in [0.1, 0.15) is 0 Å². The van der Waals surface area contributed by atoms with Gasteiger partial charge in [-0.05, 0) is 36.4 Å². The standard InChI is InChI=1S/C13H18BrN3/c14-10-5-3-1-2-4-7-12-8-6-9-13(11-12)16-17-15/h6,8-9,11H,1-5,7,10H2. The molecule has 4 heteroatoms. The Morgan fingerprint density at radius 1 is 1.12 bits per heavy atom. The second-order valence-corrected chi connectivity index (χ2v) is 4.86. The Hall–Kier alpha value is -0.990. The minimum Gasteiger partial charge on any atom is -0.0928 e. The van der Waals surface area contributed by atoms with Gasteiger partial charge in [-0.2, -0.15) is 0 Å². The van der Waals surface area contributed by atoms with Crippen molar-refractivity contribution in [3.05, 3.63) is 40.3 Å². The van der Waals surface area contributed by atoms with Gasteiger partial charge >= 0.3 is 0 Å². The van der Waals surface area contributed by atoms with E-state index in [1.165, 1.54) is 37.7 Å². The molecule has 0 aliphatic heterocycles. The van der Waals surface area contributed by atoms with Crippen molar-refractivity contribution in [2.75, 3.05) is 5.33 Å². The number of hydrogen-bond donors (Lipinski definition) is 0. The Labute approximate surface area is 111 Å². The summed E-state index contributed by atoms with van der Waals surface area (Å²) in [5.41, 5.74) is 10.3. The molecular weight excluding hydrogens is 278 g/mol. The van der Waals surface area contributed by atoms with Crippen LogP contribution in [0.15, 0.2) is 29.4 Å². The van der Waals surface area contributed by atoms with Crippen molar-refractivity contribution >= 4 is 21.6 Å². The summed E-state index contributed by atoms with van der Waals surface area (Å²) in [6.45, 7) is 0. The van der Waals surface area contributed by atoms with Crippen molar-refractivity contribution in [3.8, 4) is 0 Å². The van der Waals surface area contributed by atoms with Crippen molar-refractivity contribution in [1.82, 2.24) is 0 Å². The number of halogens is 1. The molecule has 17 heavy (non-hydrogen) atoms. The van der Waals surface area contributed by atoms with E-state index < -0.39 is 0 Å². The van der Waals surface area contributed by atoms with E-state index in [0.717, 1.165) is 11.8 Å². The van der Waals surface area contributed by atoms with Gasteiger partial charge in [0.05, 0.1) is 0 Å². The van der Waals surface area contributed by atoms with Crippen molar-refractivity contribution in [3.63, 3.8) is 0 Å². The van der Waals surface area contributed by atoms with E-state index in [2.05, 4.69) is 32.0 Å². The molecule has 0 heterocycles. The molecule has 0 aliphatic carbocycles. The first-order valence-corrected chi connectivity index (χ1v) is 7.19. The molecule has 3 nitrogen and oxygen atoms in total. The molecule has 1 aromatic rings. The lowest BCUT2D eigenvalue weighted by Crippen LogP contribution is -1.86. The maximum absolute atomic E-state index is 8.36. The summed E-state index contributed by atoms with van der Waals surface area (Å²) in [5, 5.41) is 4.72. The Kier molecular flexibility index (Phi) is 7.52. The van der Waals surface area contributed by atoms with Crippen LogP contribution in [0.4, 0.5) is 5.69 Å². The van der Waals surface area contributed by atoms with Crippen molar-refractivity contribution in [1.29, 1.82) is 0 Å². The van der Waals surface area contributed by atoms with Crippen LogP contribution >= 0.6 is 15.9 Å². The van der Waals surface area contributed by atoms with Crippen LogP contribution in [-0.2, 0) is 6.42 Å². The van der Waals surface area contributed by atoms with Gasteiger partial charge in [0.15, 0.2) is 0 Å². The molecule has 92 valence electrons. The van der Waals surface area contributed by atoms with Crippen LogP contribution in [0.3, 0.4) is 0 Å². The zero-order valence-corrected chi connectivity index (χ0v) is 11.6. The van der Waals surface area contributed by atoms with Crippen LogP contribution in [0.1, 0.15) is 37.7 Å². The number of rotatable bonds is 8. The number of unbranched alkanes of at least 4 members (excludes halogenated alkanes) is 4. The van der Waals surface area contributed by atoms with E-state index in [-0.39, 0.29) is 0 Å². The molecule has 0 aliphatic rings. The highest BCUT2D eigenvalue weighted by molar-refractivity contribution is 9.09. The third-order valence-electron chi connectivity index (χ3n) is 2.67. The fourth-order valence-corrected chi connectivity index (χ4v) is 2.18. The number of alkyl halides is 1. The van der Waals surface area contributed by atoms with E-state index in [9.17, 15) is 0 Å². The SMILES string of the molecule is [N-]=[N+]=Nc1cccc(CCCCCCCBr)c1. The fourth-order valence-electron chi connectivity index (χ4n) is 1.78. The van der Waals surface area contributed by atoms with Crippen LogP contribution in [0, 0.1) is 0 Å². The molecule has 0 bridgehead atoms. The van der Waals surface area contributed by atoms with Gasteiger partial charge in [-0.1, -0.05) is 58.5 Å². The smallest absolute Gasteiger partial charge is 0.0378 e. The predicted molar refractivity (Wildman–Crippen MR) is 75.8 cm³/mol. The Morgan fingerprint density at radius 2 is 1.88 bits per heavy atom. The number of aryl methyl sites for hydroxylation is 1. The molecule has 1 aromatic carbocycles. The quantitative estimate of drug-likeness (QED) is 0.199. The van der Waals surface area contributed by atoms with E-state index in [1.54, 1.807) is 0 Å². The highest BCUT2D eigenvalue weighted by atomic mass is 79.9. The Balaban J connectivity index is 2.26. The first-order chi connectivity index (χ1) is 8.36. The Morgan fingerprint density at radius 3 is 2.65 bits per heavy atom. The summed E-state index contributed by atoms with van der Waals surface area (Å²) < 4.78 is 0. The molecule has 0 fully saturated rings. The van der Waals surface area contributed by atoms with E-state index in [0.29, 0.717) is 5.69 Å². The average Bonchev–Trinajstić information content (AvgIpc) is 2.35. The monoisotopic (exact) mass is 295 g/mol. The molecule has 0 spiro atoms. The number of nitrogens with zero attached hydrogens (tertiary/aromatic N) is 3. The van der Waals surface area contributed by atoms with Crippen LogP contribution in [0.25, 0.3) is 10.4 Å². The maximum Gasteiger partial charge on any atom is 0.0378 e. The molecule has 0 unspecified atom stereocenters. The van der Waals surface area contributed by atoms with Crippen molar-refractivity contribution in [2.24, 2.45) is 5.11 Å². The molecule has 0 radical (unpaired) electrons. The summed E-state index contributed by atoms with van der Waals surface area (Å²) in [6.07, 6.45) is 7.45. The second kappa shape index (κ2) is 9.08. The Bertz CT molecular complexity index is 373. The van der Waals surface area contributed by atoms with Crippen molar-refractivity contribution in [2.45, 2.75) is 38.5 Å². The molecule has 0 atom stereocenters. The van der Waals surface area contributed by atoms with E-state index >= 15 is 0 Å². The molecular formula is C13H18BrN3. The average molecular weight is 296 g/mol. The van der Waals surface area contributed by atoms with Gasteiger partial charge in [-0.25, -0.2) is 0 Å². The summed E-state index contributed by atoms with van der Waals surface area (Å²) >= 11 is 3.44. The molecule has 1 rings (SSSR count). The molecule has 0 saturated carbocycles. The van der Waals surface area contributed by atoms with Gasteiger partial charge in [-0.3, -0.25) is 0 Å². The highest BCUT2D eigenvalue weighted by Crippen LogP contribution is 2.16. The lowest BCUT2D eigenvalue weighted by Gasteiger charge is -2.02. The minimum absolute atomic E-state index is 0.712. The second-order valence-electron chi connectivity index (χ2n) is 4.07. The highest BCUT2D eigenvalue weighted by Gasteiger charge is 1.95. The fraction of sp³-hybridized carbons (Fsp3) is 0.538. The van der Waals surface area contributed by atoms with Crippen LogP contribution in [0.5, 0.6) is 0 Å². The molecule has 0 aromatic heterocycles. The van der Waals surface area contributed by atoms with Gasteiger partial charge in [0.2, 0.25) is 0 Å². The summed E-state index contributed by atoms with van der Waals surface area (Å²) in [4.78, 5) is 2.80. The zero-order valence-electron chi connectivity index (χ0n) is 9.98. The normalized spacial score (nSPS) is 9.94. The van der Waals surface area contributed by atoms with E-state index in [1.807, 2.05) is 18.2 Å². The largest absolute Gasteiger partial charge is 0.0928 e. The van der Waals surface area contributed by atoms with Crippen LogP contribution in [-0.4, -0.2) is 5.33 Å². The summed E-state index contributed by atoms with van der Waals surface area (Å²) in [7, 11) is 0. The van der Waals surface area contributed by atoms with Crippen LogP contribution < -0.4 is 0 Å². The maximum atomic E-state index is 8.36. The number of azide groups is 1. The van der Waals surface area contributed by atoms with Gasteiger partial charge in [-0.15, -0.1) is 0 Å².